The van der Waals surface area contributed by atoms with Crippen molar-refractivity contribution in [3.8, 4) is 5.69 Å². The SMILES string of the molecule is FC(F)(F)c1ccccc1CNCCCSc1nnnn1-c1ccccc1. The zero-order valence-corrected chi connectivity index (χ0v) is 15.2. The van der Waals surface area contributed by atoms with Gasteiger partial charge in [-0.3, -0.25) is 0 Å². The molecule has 27 heavy (non-hydrogen) atoms. The van der Waals surface area contributed by atoms with Gasteiger partial charge in [-0.2, -0.15) is 17.9 Å². The fourth-order valence-corrected chi connectivity index (χ4v) is 3.36. The van der Waals surface area contributed by atoms with Crippen molar-refractivity contribution in [2.45, 2.75) is 24.3 Å². The minimum absolute atomic E-state index is 0.183. The molecule has 0 aliphatic carbocycles. The third-order valence-electron chi connectivity index (χ3n) is 3.81. The smallest absolute Gasteiger partial charge is 0.313 e. The maximum absolute atomic E-state index is 13.0. The van der Waals surface area contributed by atoms with Crippen LogP contribution in [0.25, 0.3) is 5.69 Å². The van der Waals surface area contributed by atoms with E-state index in [0.29, 0.717) is 11.7 Å². The second-order valence-electron chi connectivity index (χ2n) is 5.74. The molecule has 0 unspecified atom stereocenters. The number of nitrogens with zero attached hydrogens (tertiary/aromatic N) is 4. The number of rotatable bonds is 8. The normalized spacial score (nSPS) is 11.7. The van der Waals surface area contributed by atoms with E-state index in [1.165, 1.54) is 23.9 Å². The Labute approximate surface area is 159 Å². The average Bonchev–Trinajstić information content (AvgIpc) is 3.13. The molecule has 1 heterocycles. The van der Waals surface area contributed by atoms with Crippen LogP contribution in [-0.4, -0.2) is 32.5 Å². The highest BCUT2D eigenvalue weighted by Gasteiger charge is 2.32. The van der Waals surface area contributed by atoms with Crippen molar-refractivity contribution in [1.82, 2.24) is 25.5 Å². The molecule has 0 fully saturated rings. The first kappa shape index (κ1) is 19.4. The third-order valence-corrected chi connectivity index (χ3v) is 4.81. The summed E-state index contributed by atoms with van der Waals surface area (Å²) in [6, 6.07) is 15.2. The van der Waals surface area contributed by atoms with Gasteiger partial charge in [0.15, 0.2) is 0 Å². The minimum Gasteiger partial charge on any atom is -0.313 e. The number of thioether (sulfide) groups is 1. The van der Waals surface area contributed by atoms with Gasteiger partial charge in [-0.05, 0) is 47.2 Å². The van der Waals surface area contributed by atoms with Crippen molar-refractivity contribution in [3.63, 3.8) is 0 Å². The molecule has 1 N–H and O–H groups in total. The maximum Gasteiger partial charge on any atom is 0.416 e. The standard InChI is InChI=1S/C18H18F3N5S/c19-18(20,21)16-10-5-4-7-14(16)13-22-11-6-12-27-17-23-24-25-26(17)15-8-2-1-3-9-15/h1-5,7-10,22H,6,11-13H2. The van der Waals surface area contributed by atoms with Crippen LogP contribution < -0.4 is 5.32 Å². The van der Waals surface area contributed by atoms with Crippen molar-refractivity contribution < 1.29 is 13.2 Å². The summed E-state index contributed by atoms with van der Waals surface area (Å²) >= 11 is 1.51. The molecular weight excluding hydrogens is 375 g/mol. The van der Waals surface area contributed by atoms with Gasteiger partial charge < -0.3 is 5.32 Å². The van der Waals surface area contributed by atoms with Crippen LogP contribution in [0.3, 0.4) is 0 Å². The first-order valence-electron chi connectivity index (χ1n) is 8.38. The Balaban J connectivity index is 1.45. The molecule has 0 bridgehead atoms. The highest BCUT2D eigenvalue weighted by Crippen LogP contribution is 2.31. The van der Waals surface area contributed by atoms with Crippen LogP contribution in [-0.2, 0) is 12.7 Å². The molecule has 0 saturated carbocycles. The molecule has 0 saturated heterocycles. The Kier molecular flexibility index (Phi) is 6.46. The van der Waals surface area contributed by atoms with Gasteiger partial charge in [0, 0.05) is 12.3 Å². The van der Waals surface area contributed by atoms with Crippen LogP contribution in [0.5, 0.6) is 0 Å². The Bertz CT molecular complexity index is 851. The van der Waals surface area contributed by atoms with Crippen LogP contribution in [0.2, 0.25) is 0 Å². The van der Waals surface area contributed by atoms with Crippen LogP contribution >= 0.6 is 11.8 Å². The molecule has 0 radical (unpaired) electrons. The Hall–Kier alpha value is -2.39. The zero-order chi connectivity index (χ0) is 19.1. The van der Waals surface area contributed by atoms with E-state index < -0.39 is 11.7 Å². The minimum atomic E-state index is -4.33. The van der Waals surface area contributed by atoms with E-state index in [2.05, 4.69) is 20.8 Å². The number of benzene rings is 2. The summed E-state index contributed by atoms with van der Waals surface area (Å²) in [5.41, 5.74) is 0.548. The first-order valence-corrected chi connectivity index (χ1v) is 9.36. The molecule has 9 heteroatoms. The lowest BCUT2D eigenvalue weighted by molar-refractivity contribution is -0.138. The van der Waals surface area contributed by atoms with Gasteiger partial charge in [-0.1, -0.05) is 48.2 Å². The van der Waals surface area contributed by atoms with Gasteiger partial charge in [0.1, 0.15) is 0 Å². The second-order valence-corrected chi connectivity index (χ2v) is 6.80. The lowest BCUT2D eigenvalue weighted by Crippen LogP contribution is -2.19. The highest BCUT2D eigenvalue weighted by molar-refractivity contribution is 7.99. The van der Waals surface area contributed by atoms with E-state index in [1.54, 1.807) is 10.7 Å². The zero-order valence-electron chi connectivity index (χ0n) is 14.4. The van der Waals surface area contributed by atoms with Crippen LogP contribution in [0.4, 0.5) is 13.2 Å². The molecule has 2 aromatic carbocycles. The maximum atomic E-state index is 13.0. The summed E-state index contributed by atoms with van der Waals surface area (Å²) in [4.78, 5) is 0. The monoisotopic (exact) mass is 393 g/mol. The number of alkyl halides is 3. The number of hydrogen-bond acceptors (Lipinski definition) is 5. The molecule has 0 aliphatic heterocycles. The fraction of sp³-hybridized carbons (Fsp3) is 0.278. The predicted molar refractivity (Wildman–Crippen MR) is 97.6 cm³/mol. The van der Waals surface area contributed by atoms with E-state index in [4.69, 9.17) is 0 Å². The molecule has 0 atom stereocenters. The van der Waals surface area contributed by atoms with E-state index in [9.17, 15) is 13.2 Å². The largest absolute Gasteiger partial charge is 0.416 e. The van der Waals surface area contributed by atoms with Crippen LogP contribution in [0.15, 0.2) is 59.8 Å². The lowest BCUT2D eigenvalue weighted by Gasteiger charge is -2.13. The number of para-hydroxylation sites is 1. The van der Waals surface area contributed by atoms with Crippen LogP contribution in [0.1, 0.15) is 17.5 Å². The molecule has 3 rings (SSSR count). The summed E-state index contributed by atoms with van der Waals surface area (Å²) in [6.07, 6.45) is -3.55. The van der Waals surface area contributed by atoms with E-state index in [0.717, 1.165) is 23.9 Å². The van der Waals surface area contributed by atoms with Gasteiger partial charge in [-0.25, -0.2) is 0 Å². The van der Waals surface area contributed by atoms with Gasteiger partial charge in [0.05, 0.1) is 11.3 Å². The first-order chi connectivity index (χ1) is 13.1. The fourth-order valence-electron chi connectivity index (χ4n) is 2.53. The molecule has 142 valence electrons. The Morgan fingerprint density at radius 1 is 1.00 bits per heavy atom. The molecule has 0 spiro atoms. The molecule has 0 amide bonds. The Morgan fingerprint density at radius 3 is 2.52 bits per heavy atom. The highest BCUT2D eigenvalue weighted by atomic mass is 32.2. The van der Waals surface area contributed by atoms with E-state index >= 15 is 0 Å². The topological polar surface area (TPSA) is 55.6 Å². The number of halogens is 3. The van der Waals surface area contributed by atoms with Gasteiger partial charge >= 0.3 is 6.18 Å². The van der Waals surface area contributed by atoms with Gasteiger partial charge in [0.25, 0.3) is 0 Å². The number of aromatic nitrogens is 4. The summed E-state index contributed by atoms with van der Waals surface area (Å²) in [5, 5.41) is 15.5. The third kappa shape index (κ3) is 5.30. The molecule has 5 nitrogen and oxygen atoms in total. The van der Waals surface area contributed by atoms with E-state index in [-0.39, 0.29) is 12.1 Å². The van der Waals surface area contributed by atoms with Crippen LogP contribution in [0, 0.1) is 0 Å². The van der Waals surface area contributed by atoms with Crippen molar-refractivity contribution in [2.75, 3.05) is 12.3 Å². The van der Waals surface area contributed by atoms with Crippen molar-refractivity contribution in [1.29, 1.82) is 0 Å². The Morgan fingerprint density at radius 2 is 1.74 bits per heavy atom. The lowest BCUT2D eigenvalue weighted by atomic mass is 10.1. The predicted octanol–water partition coefficient (Wildman–Crippen LogP) is 3.95. The van der Waals surface area contributed by atoms with Crippen molar-refractivity contribution >= 4 is 11.8 Å². The van der Waals surface area contributed by atoms with Crippen molar-refractivity contribution in [3.05, 3.63) is 65.7 Å². The summed E-state index contributed by atoms with van der Waals surface area (Å²) in [6.45, 7) is 0.786. The quantitative estimate of drug-likeness (QED) is 0.464. The summed E-state index contributed by atoms with van der Waals surface area (Å²) < 4.78 is 40.5. The number of tetrazole rings is 1. The summed E-state index contributed by atoms with van der Waals surface area (Å²) in [5.74, 6) is 0.751. The average molecular weight is 393 g/mol. The van der Waals surface area contributed by atoms with Gasteiger partial charge in [-0.15, -0.1) is 5.10 Å². The molecular formula is C18H18F3N5S. The molecule has 0 aliphatic rings. The van der Waals surface area contributed by atoms with Crippen molar-refractivity contribution in [2.24, 2.45) is 0 Å². The summed E-state index contributed by atoms with van der Waals surface area (Å²) in [7, 11) is 0. The molecule has 1 aromatic heterocycles. The van der Waals surface area contributed by atoms with Gasteiger partial charge in [0.2, 0.25) is 5.16 Å². The molecule has 3 aromatic rings. The number of hydrogen-bond donors (Lipinski definition) is 1. The second kappa shape index (κ2) is 9.01. The van der Waals surface area contributed by atoms with E-state index in [1.807, 2.05) is 30.3 Å². The number of nitrogens with one attached hydrogen (secondary N) is 1.